The highest BCUT2D eigenvalue weighted by Crippen LogP contribution is 2.35. The highest BCUT2D eigenvalue weighted by Gasteiger charge is 2.33. The molecule has 0 radical (unpaired) electrons. The van der Waals surface area contributed by atoms with Gasteiger partial charge in [-0.25, -0.2) is 9.97 Å². The fourth-order valence-corrected chi connectivity index (χ4v) is 3.78. The second-order valence-corrected chi connectivity index (χ2v) is 7.93. The Hall–Kier alpha value is -4.79. The molecule has 0 unspecified atom stereocenters. The van der Waals surface area contributed by atoms with Gasteiger partial charge >= 0.3 is 6.18 Å². The van der Waals surface area contributed by atoms with Gasteiger partial charge < -0.3 is 0 Å². The summed E-state index contributed by atoms with van der Waals surface area (Å²) in [5, 5.41) is 17.2. The van der Waals surface area contributed by atoms with Crippen LogP contribution < -0.4 is 0 Å². The third-order valence-electron chi connectivity index (χ3n) is 5.57. The Morgan fingerprint density at radius 1 is 0.611 bits per heavy atom. The maximum Gasteiger partial charge on any atom is 0.416 e. The Morgan fingerprint density at radius 3 is 1.72 bits per heavy atom. The third kappa shape index (κ3) is 4.46. The van der Waals surface area contributed by atoms with Crippen molar-refractivity contribution in [3.05, 3.63) is 108 Å². The molecule has 0 amide bonds. The highest BCUT2D eigenvalue weighted by atomic mass is 19.4. The SMILES string of the molecule is N=C1C(=N)C(c2cc(C(F)(F)F)cc(-c3cccnc3)n2)=CC=C1c1cccc(-c2cccnc2)n1. The van der Waals surface area contributed by atoms with E-state index in [0.29, 0.717) is 22.5 Å². The van der Waals surface area contributed by atoms with Crippen LogP contribution in [0.15, 0.2) is 91.5 Å². The molecule has 9 heteroatoms. The molecule has 6 nitrogen and oxygen atoms in total. The van der Waals surface area contributed by atoms with Crippen LogP contribution in [0.3, 0.4) is 0 Å². The van der Waals surface area contributed by atoms with E-state index in [1.165, 1.54) is 18.5 Å². The number of rotatable bonds is 4. The quantitative estimate of drug-likeness (QED) is 0.341. The molecule has 0 aromatic carbocycles. The lowest BCUT2D eigenvalue weighted by molar-refractivity contribution is -0.137. The van der Waals surface area contributed by atoms with Crippen molar-refractivity contribution >= 4 is 22.6 Å². The molecule has 0 saturated carbocycles. The summed E-state index contributed by atoms with van der Waals surface area (Å²) in [7, 11) is 0. The molecule has 0 fully saturated rings. The minimum Gasteiger partial charge on any atom is -0.298 e. The summed E-state index contributed by atoms with van der Waals surface area (Å²) in [6.45, 7) is 0. The first-order valence-electron chi connectivity index (χ1n) is 10.8. The van der Waals surface area contributed by atoms with Crippen molar-refractivity contribution in [1.29, 1.82) is 10.8 Å². The van der Waals surface area contributed by atoms with Gasteiger partial charge in [-0.05, 0) is 60.7 Å². The number of nitrogens with one attached hydrogen (secondary N) is 2. The molecule has 4 aromatic rings. The van der Waals surface area contributed by atoms with Crippen LogP contribution in [0.4, 0.5) is 13.2 Å². The van der Waals surface area contributed by atoms with Crippen LogP contribution in [0, 0.1) is 10.8 Å². The number of halogens is 3. The standard InChI is InChI=1S/C27H17F3N6/c28-27(29,30)18-12-23(17-5-3-11-34-15-17)36-24(13-18)20-9-8-19(25(31)26(20)32)22-7-1-6-21(35-22)16-4-2-10-33-14-16/h1-15,31-32H. The Bertz CT molecular complexity index is 1540. The Labute approximate surface area is 204 Å². The maximum absolute atomic E-state index is 13.7. The normalized spacial score (nSPS) is 13.9. The number of nitrogens with zero attached hydrogens (tertiary/aromatic N) is 4. The van der Waals surface area contributed by atoms with E-state index in [2.05, 4.69) is 19.9 Å². The van der Waals surface area contributed by atoms with Gasteiger partial charge in [-0.2, -0.15) is 13.2 Å². The summed E-state index contributed by atoms with van der Waals surface area (Å²) < 4.78 is 41.0. The predicted octanol–water partition coefficient (Wildman–Crippen LogP) is 6.14. The summed E-state index contributed by atoms with van der Waals surface area (Å²) in [6.07, 6.45) is 4.74. The topological polar surface area (TPSA) is 99.3 Å². The fraction of sp³-hybridized carbons (Fsp3) is 0.0370. The fourth-order valence-electron chi connectivity index (χ4n) is 3.78. The molecule has 4 aromatic heterocycles. The van der Waals surface area contributed by atoms with E-state index in [4.69, 9.17) is 10.8 Å². The smallest absolute Gasteiger partial charge is 0.298 e. The van der Waals surface area contributed by atoms with Crippen LogP contribution in [0.5, 0.6) is 0 Å². The zero-order valence-electron chi connectivity index (χ0n) is 18.6. The number of pyridine rings is 4. The first-order chi connectivity index (χ1) is 17.3. The highest BCUT2D eigenvalue weighted by molar-refractivity contribution is 6.68. The molecular weight excluding hydrogens is 465 g/mol. The van der Waals surface area contributed by atoms with Gasteiger partial charge in [0.05, 0.1) is 39.8 Å². The summed E-state index contributed by atoms with van der Waals surface area (Å²) in [6, 6.07) is 14.0. The summed E-state index contributed by atoms with van der Waals surface area (Å²) in [4.78, 5) is 17.0. The zero-order valence-corrected chi connectivity index (χ0v) is 18.6. The van der Waals surface area contributed by atoms with Crippen molar-refractivity contribution in [3.63, 3.8) is 0 Å². The molecule has 0 saturated heterocycles. The van der Waals surface area contributed by atoms with Crippen molar-refractivity contribution in [1.82, 2.24) is 19.9 Å². The number of alkyl halides is 3. The molecule has 0 spiro atoms. The lowest BCUT2D eigenvalue weighted by Gasteiger charge is -2.19. The van der Waals surface area contributed by atoms with Crippen LogP contribution in [-0.4, -0.2) is 31.4 Å². The van der Waals surface area contributed by atoms with Crippen molar-refractivity contribution in [2.24, 2.45) is 0 Å². The molecule has 4 heterocycles. The van der Waals surface area contributed by atoms with E-state index >= 15 is 0 Å². The van der Waals surface area contributed by atoms with Crippen molar-refractivity contribution < 1.29 is 13.2 Å². The summed E-state index contributed by atoms with van der Waals surface area (Å²) in [5.41, 5.74) is 1.55. The second kappa shape index (κ2) is 9.10. The Kier molecular flexibility index (Phi) is 5.81. The van der Waals surface area contributed by atoms with E-state index in [1.54, 1.807) is 48.8 Å². The molecule has 1 aliphatic carbocycles. The Morgan fingerprint density at radius 2 is 1.14 bits per heavy atom. The van der Waals surface area contributed by atoms with Crippen LogP contribution >= 0.6 is 0 Å². The van der Waals surface area contributed by atoms with Gasteiger partial charge in [-0.1, -0.05) is 6.07 Å². The van der Waals surface area contributed by atoms with Gasteiger partial charge in [0.2, 0.25) is 0 Å². The van der Waals surface area contributed by atoms with Crippen molar-refractivity contribution in [3.8, 4) is 22.5 Å². The summed E-state index contributed by atoms with van der Waals surface area (Å²) >= 11 is 0. The molecule has 36 heavy (non-hydrogen) atoms. The van der Waals surface area contributed by atoms with Gasteiger partial charge in [0, 0.05) is 47.1 Å². The zero-order chi connectivity index (χ0) is 25.3. The molecular formula is C27H17F3N6. The first kappa shape index (κ1) is 23.0. The molecule has 2 N–H and O–H groups in total. The lowest BCUT2D eigenvalue weighted by Crippen LogP contribution is -2.20. The van der Waals surface area contributed by atoms with Gasteiger partial charge in [0.1, 0.15) is 0 Å². The molecule has 0 bridgehead atoms. The van der Waals surface area contributed by atoms with E-state index in [1.807, 2.05) is 12.1 Å². The number of hydrogen-bond acceptors (Lipinski definition) is 6. The van der Waals surface area contributed by atoms with Gasteiger partial charge in [-0.3, -0.25) is 20.8 Å². The Balaban J connectivity index is 1.59. The van der Waals surface area contributed by atoms with Crippen LogP contribution in [0.25, 0.3) is 33.7 Å². The average molecular weight is 482 g/mol. The van der Waals surface area contributed by atoms with E-state index in [-0.39, 0.29) is 28.4 Å². The lowest BCUT2D eigenvalue weighted by atomic mass is 9.89. The van der Waals surface area contributed by atoms with Crippen molar-refractivity contribution in [2.45, 2.75) is 6.18 Å². The van der Waals surface area contributed by atoms with Crippen LogP contribution in [-0.2, 0) is 6.18 Å². The molecule has 0 aliphatic heterocycles. The molecule has 5 rings (SSSR count). The molecule has 0 atom stereocenters. The van der Waals surface area contributed by atoms with Crippen LogP contribution in [0.1, 0.15) is 17.0 Å². The predicted molar refractivity (Wildman–Crippen MR) is 131 cm³/mol. The van der Waals surface area contributed by atoms with Crippen LogP contribution in [0.2, 0.25) is 0 Å². The monoisotopic (exact) mass is 482 g/mol. The first-order valence-corrected chi connectivity index (χ1v) is 10.8. The third-order valence-corrected chi connectivity index (χ3v) is 5.57. The van der Waals surface area contributed by atoms with E-state index in [9.17, 15) is 13.2 Å². The maximum atomic E-state index is 13.7. The largest absolute Gasteiger partial charge is 0.416 e. The van der Waals surface area contributed by atoms with E-state index in [0.717, 1.165) is 17.7 Å². The van der Waals surface area contributed by atoms with Gasteiger partial charge in [0.15, 0.2) is 0 Å². The number of hydrogen-bond donors (Lipinski definition) is 2. The summed E-state index contributed by atoms with van der Waals surface area (Å²) in [5.74, 6) is 0. The molecule has 176 valence electrons. The minimum absolute atomic E-state index is 0.0502. The van der Waals surface area contributed by atoms with Gasteiger partial charge in [0.25, 0.3) is 0 Å². The number of allylic oxidation sites excluding steroid dienone is 4. The minimum atomic E-state index is -4.61. The molecule has 1 aliphatic rings. The van der Waals surface area contributed by atoms with E-state index < -0.39 is 11.7 Å². The second-order valence-electron chi connectivity index (χ2n) is 7.93. The average Bonchev–Trinajstić information content (AvgIpc) is 2.90. The number of aromatic nitrogens is 4. The van der Waals surface area contributed by atoms with Gasteiger partial charge in [-0.15, -0.1) is 0 Å². The van der Waals surface area contributed by atoms with Crippen molar-refractivity contribution in [2.75, 3.05) is 0 Å².